The van der Waals surface area contributed by atoms with Gasteiger partial charge in [0.15, 0.2) is 0 Å². The van der Waals surface area contributed by atoms with E-state index < -0.39 is 33.8 Å². The summed E-state index contributed by atoms with van der Waals surface area (Å²) >= 11 is 0. The van der Waals surface area contributed by atoms with Gasteiger partial charge in [-0.25, -0.2) is 17.6 Å². The van der Waals surface area contributed by atoms with Crippen molar-refractivity contribution in [3.63, 3.8) is 0 Å². The van der Waals surface area contributed by atoms with E-state index in [1.165, 1.54) is 38.3 Å². The molecular weight excluding hydrogens is 375 g/mol. The number of nitrogens with one attached hydrogen (secondary N) is 1. The van der Waals surface area contributed by atoms with Crippen LogP contribution in [0.15, 0.2) is 48.5 Å². The molecule has 2 aromatic rings. The number of ether oxygens (including phenoxy) is 1. The molecule has 9 heteroatoms. The standard InChI is InChI=1S/C18H19FN2O5S/c1-12(21(27(3,24)25)14-10-8-13(19)9-11-14)17(22)20-16-7-5-4-6-15(16)18(23)26-2/h4-12H,1-3H3,(H,20,22)/t12-/m0/s1. The first-order chi connectivity index (χ1) is 12.6. The van der Waals surface area contributed by atoms with Crippen molar-refractivity contribution in [1.82, 2.24) is 0 Å². The van der Waals surface area contributed by atoms with Crippen LogP contribution in [0.5, 0.6) is 0 Å². The number of hydrogen-bond acceptors (Lipinski definition) is 5. The van der Waals surface area contributed by atoms with Gasteiger partial charge in [0.05, 0.1) is 30.3 Å². The predicted octanol–water partition coefficient (Wildman–Crippen LogP) is 2.41. The predicted molar refractivity (Wildman–Crippen MR) is 99.6 cm³/mol. The molecule has 0 heterocycles. The normalized spacial score (nSPS) is 12.1. The molecular formula is C18H19FN2O5S. The fourth-order valence-corrected chi connectivity index (χ4v) is 3.69. The van der Waals surface area contributed by atoms with Crippen molar-refractivity contribution in [1.29, 1.82) is 0 Å². The zero-order valence-electron chi connectivity index (χ0n) is 15.0. The number of carbonyl (C=O) groups is 2. The highest BCUT2D eigenvalue weighted by molar-refractivity contribution is 7.92. The zero-order valence-corrected chi connectivity index (χ0v) is 15.8. The van der Waals surface area contributed by atoms with Gasteiger partial charge >= 0.3 is 5.97 Å². The molecule has 2 rings (SSSR count). The van der Waals surface area contributed by atoms with Crippen molar-refractivity contribution in [2.45, 2.75) is 13.0 Å². The lowest BCUT2D eigenvalue weighted by Crippen LogP contribution is -2.45. The Bertz CT molecular complexity index is 944. The minimum atomic E-state index is -3.84. The highest BCUT2D eigenvalue weighted by atomic mass is 32.2. The first-order valence-electron chi connectivity index (χ1n) is 7.88. The number of rotatable bonds is 6. The Kier molecular flexibility index (Phi) is 6.17. The molecule has 0 bridgehead atoms. The summed E-state index contributed by atoms with van der Waals surface area (Å²) in [4.78, 5) is 24.5. The number of nitrogens with zero attached hydrogens (tertiary/aromatic N) is 1. The summed E-state index contributed by atoms with van der Waals surface area (Å²) in [5.41, 5.74) is 0.463. The van der Waals surface area contributed by atoms with Crippen molar-refractivity contribution in [2.75, 3.05) is 23.0 Å². The van der Waals surface area contributed by atoms with E-state index in [1.54, 1.807) is 12.1 Å². The van der Waals surface area contributed by atoms with Gasteiger partial charge in [0.25, 0.3) is 0 Å². The lowest BCUT2D eigenvalue weighted by molar-refractivity contribution is -0.116. The number of methoxy groups -OCH3 is 1. The fourth-order valence-electron chi connectivity index (χ4n) is 2.51. The number of para-hydroxylation sites is 1. The first-order valence-corrected chi connectivity index (χ1v) is 9.73. The molecule has 1 N–H and O–H groups in total. The van der Waals surface area contributed by atoms with Gasteiger partial charge in [-0.1, -0.05) is 12.1 Å². The maximum absolute atomic E-state index is 13.2. The maximum atomic E-state index is 13.2. The van der Waals surface area contributed by atoms with Crippen molar-refractivity contribution >= 4 is 33.3 Å². The van der Waals surface area contributed by atoms with Gasteiger partial charge in [0, 0.05) is 0 Å². The van der Waals surface area contributed by atoms with Crippen molar-refractivity contribution in [3.8, 4) is 0 Å². The Morgan fingerprint density at radius 1 is 1.11 bits per heavy atom. The lowest BCUT2D eigenvalue weighted by atomic mass is 10.1. The van der Waals surface area contributed by atoms with E-state index in [9.17, 15) is 22.4 Å². The van der Waals surface area contributed by atoms with Gasteiger partial charge in [-0.05, 0) is 43.3 Å². The Balaban J connectivity index is 2.34. The van der Waals surface area contributed by atoms with Crippen molar-refractivity contribution in [2.24, 2.45) is 0 Å². The second kappa shape index (κ2) is 8.17. The smallest absolute Gasteiger partial charge is 0.339 e. The van der Waals surface area contributed by atoms with E-state index >= 15 is 0 Å². The molecule has 0 saturated carbocycles. The SMILES string of the molecule is COC(=O)c1ccccc1NC(=O)[C@H](C)N(c1ccc(F)cc1)S(C)(=O)=O. The summed E-state index contributed by atoms with van der Waals surface area (Å²) in [5.74, 6) is -1.84. The summed E-state index contributed by atoms with van der Waals surface area (Å²) < 4.78 is 43.1. The molecule has 0 radical (unpaired) electrons. The Labute approximate surface area is 156 Å². The number of anilines is 2. The van der Waals surface area contributed by atoms with Crippen LogP contribution < -0.4 is 9.62 Å². The highest BCUT2D eigenvalue weighted by Crippen LogP contribution is 2.23. The molecule has 27 heavy (non-hydrogen) atoms. The molecule has 0 unspecified atom stereocenters. The summed E-state index contributed by atoms with van der Waals surface area (Å²) in [7, 11) is -2.63. The van der Waals surface area contributed by atoms with Crippen molar-refractivity contribution in [3.05, 3.63) is 59.9 Å². The lowest BCUT2D eigenvalue weighted by Gasteiger charge is -2.28. The number of esters is 1. The van der Waals surface area contributed by atoms with Gasteiger partial charge < -0.3 is 10.1 Å². The van der Waals surface area contributed by atoms with Gasteiger partial charge in [-0.15, -0.1) is 0 Å². The molecule has 0 spiro atoms. The molecule has 1 amide bonds. The molecule has 0 aliphatic heterocycles. The topological polar surface area (TPSA) is 92.8 Å². The average Bonchev–Trinajstić information content (AvgIpc) is 2.62. The monoisotopic (exact) mass is 394 g/mol. The summed E-state index contributed by atoms with van der Waals surface area (Å²) in [6.45, 7) is 1.39. The number of amides is 1. The third-order valence-corrected chi connectivity index (χ3v) is 5.00. The Morgan fingerprint density at radius 2 is 1.70 bits per heavy atom. The zero-order chi connectivity index (χ0) is 20.2. The van der Waals surface area contributed by atoms with Crippen LogP contribution in [0.25, 0.3) is 0 Å². The third-order valence-electron chi connectivity index (χ3n) is 3.76. The van der Waals surface area contributed by atoms with E-state index in [-0.39, 0.29) is 16.9 Å². The molecule has 7 nitrogen and oxygen atoms in total. The molecule has 0 aromatic heterocycles. The van der Waals surface area contributed by atoms with E-state index in [2.05, 4.69) is 10.1 Å². The molecule has 0 saturated heterocycles. The maximum Gasteiger partial charge on any atom is 0.339 e. The summed E-state index contributed by atoms with van der Waals surface area (Å²) in [6.07, 6.45) is 0.947. The van der Waals surface area contributed by atoms with Crippen molar-refractivity contribution < 1.29 is 27.1 Å². The minimum Gasteiger partial charge on any atom is -0.465 e. The molecule has 144 valence electrons. The largest absolute Gasteiger partial charge is 0.465 e. The van der Waals surface area contributed by atoms with Crippen LogP contribution in [0, 0.1) is 5.82 Å². The van der Waals surface area contributed by atoms with Crippen LogP contribution in [0.3, 0.4) is 0 Å². The van der Waals surface area contributed by atoms with Gasteiger partial charge in [-0.2, -0.15) is 0 Å². The van der Waals surface area contributed by atoms with Crippen LogP contribution in [0.2, 0.25) is 0 Å². The van der Waals surface area contributed by atoms with Gasteiger partial charge in [0.1, 0.15) is 11.9 Å². The molecule has 0 fully saturated rings. The minimum absolute atomic E-state index is 0.133. The molecule has 2 aromatic carbocycles. The number of hydrogen-bond donors (Lipinski definition) is 1. The van der Waals surface area contributed by atoms with Gasteiger partial charge in [-0.3, -0.25) is 9.10 Å². The van der Waals surface area contributed by atoms with Crippen LogP contribution in [0.4, 0.5) is 15.8 Å². The molecule has 0 aliphatic rings. The number of carbonyl (C=O) groups excluding carboxylic acids is 2. The van der Waals surface area contributed by atoms with E-state index in [0.717, 1.165) is 22.7 Å². The van der Waals surface area contributed by atoms with Crippen LogP contribution in [-0.4, -0.2) is 39.7 Å². The highest BCUT2D eigenvalue weighted by Gasteiger charge is 2.29. The second-order valence-electron chi connectivity index (χ2n) is 5.74. The average molecular weight is 394 g/mol. The van der Waals surface area contributed by atoms with E-state index in [4.69, 9.17) is 0 Å². The second-order valence-corrected chi connectivity index (χ2v) is 7.60. The fraction of sp³-hybridized carbons (Fsp3) is 0.222. The summed E-state index contributed by atoms with van der Waals surface area (Å²) in [5, 5.41) is 2.54. The quantitative estimate of drug-likeness (QED) is 0.760. The number of halogens is 1. The van der Waals surface area contributed by atoms with Crippen LogP contribution >= 0.6 is 0 Å². The molecule has 0 aliphatic carbocycles. The van der Waals surface area contributed by atoms with Crippen LogP contribution in [-0.2, 0) is 19.6 Å². The third kappa shape index (κ3) is 4.82. The van der Waals surface area contributed by atoms with Crippen LogP contribution in [0.1, 0.15) is 17.3 Å². The Morgan fingerprint density at radius 3 is 2.26 bits per heavy atom. The van der Waals surface area contributed by atoms with E-state index in [0.29, 0.717) is 0 Å². The summed E-state index contributed by atoms with van der Waals surface area (Å²) in [6, 6.07) is 9.77. The number of benzene rings is 2. The van der Waals surface area contributed by atoms with E-state index in [1.807, 2.05) is 0 Å². The molecule has 1 atom stereocenters. The Hall–Kier alpha value is -2.94. The van der Waals surface area contributed by atoms with Gasteiger partial charge in [0.2, 0.25) is 15.9 Å². The first kappa shape index (κ1) is 20.4. The number of sulfonamides is 1.